The van der Waals surface area contributed by atoms with Crippen LogP contribution in [-0.2, 0) is 13.0 Å². The van der Waals surface area contributed by atoms with Crippen molar-refractivity contribution in [3.8, 4) is 5.75 Å². The van der Waals surface area contributed by atoms with Crippen molar-refractivity contribution in [3.05, 3.63) is 65.2 Å². The fraction of sp³-hybridized carbons (Fsp3) is 0.478. The van der Waals surface area contributed by atoms with E-state index >= 15 is 0 Å². The molecule has 1 N–H and O–H groups in total. The minimum absolute atomic E-state index is 0.357. The summed E-state index contributed by atoms with van der Waals surface area (Å²) in [5.74, 6) is 1.10. The largest absolute Gasteiger partial charge is 0.508 e. The number of piperidine rings is 1. The third-order valence-corrected chi connectivity index (χ3v) is 5.49. The number of aromatic hydroxyl groups is 1. The summed E-state index contributed by atoms with van der Waals surface area (Å²) < 4.78 is 0. The lowest BCUT2D eigenvalue weighted by Gasteiger charge is -2.35. The predicted molar refractivity (Wildman–Crippen MR) is 108 cm³/mol. The van der Waals surface area contributed by atoms with Crippen LogP contribution in [0, 0.1) is 12.8 Å². The van der Waals surface area contributed by atoms with Crippen LogP contribution in [0.15, 0.2) is 48.5 Å². The third kappa shape index (κ3) is 5.58. The van der Waals surface area contributed by atoms with Gasteiger partial charge >= 0.3 is 0 Å². The summed E-state index contributed by atoms with van der Waals surface area (Å²) in [5, 5.41) is 9.63. The Balaban J connectivity index is 1.46. The molecule has 2 aromatic rings. The van der Waals surface area contributed by atoms with Crippen LogP contribution in [0.5, 0.6) is 5.75 Å². The first kappa shape index (κ1) is 18.9. The summed E-state index contributed by atoms with van der Waals surface area (Å²) in [6, 6.07) is 16.4. The molecule has 1 fully saturated rings. The Morgan fingerprint density at radius 2 is 2.00 bits per heavy atom. The van der Waals surface area contributed by atoms with Crippen LogP contribution in [0.2, 0.25) is 0 Å². The van der Waals surface area contributed by atoms with Crippen LogP contribution in [0.1, 0.15) is 29.5 Å². The van der Waals surface area contributed by atoms with Crippen molar-refractivity contribution in [1.82, 2.24) is 9.80 Å². The van der Waals surface area contributed by atoms with E-state index in [9.17, 15) is 5.11 Å². The van der Waals surface area contributed by atoms with Gasteiger partial charge in [-0.2, -0.15) is 0 Å². The van der Waals surface area contributed by atoms with Gasteiger partial charge in [0.2, 0.25) is 0 Å². The Bertz CT molecular complexity index is 700. The molecule has 0 radical (unpaired) electrons. The van der Waals surface area contributed by atoms with E-state index in [1.165, 1.54) is 42.6 Å². The fourth-order valence-electron chi connectivity index (χ4n) is 4.14. The van der Waals surface area contributed by atoms with E-state index in [1.807, 2.05) is 12.1 Å². The molecule has 26 heavy (non-hydrogen) atoms. The summed E-state index contributed by atoms with van der Waals surface area (Å²) in [6.07, 6.45) is 3.78. The average Bonchev–Trinajstić information content (AvgIpc) is 2.61. The molecule has 0 saturated carbocycles. The van der Waals surface area contributed by atoms with Crippen LogP contribution in [-0.4, -0.2) is 48.1 Å². The van der Waals surface area contributed by atoms with Gasteiger partial charge in [-0.3, -0.25) is 0 Å². The molecule has 3 rings (SSSR count). The molecule has 3 nitrogen and oxygen atoms in total. The minimum atomic E-state index is 0.357. The third-order valence-electron chi connectivity index (χ3n) is 5.49. The van der Waals surface area contributed by atoms with Gasteiger partial charge in [-0.1, -0.05) is 36.4 Å². The van der Waals surface area contributed by atoms with E-state index in [0.29, 0.717) is 5.75 Å². The first-order chi connectivity index (χ1) is 12.6. The van der Waals surface area contributed by atoms with Gasteiger partial charge in [-0.05, 0) is 74.5 Å². The maximum absolute atomic E-state index is 9.63. The van der Waals surface area contributed by atoms with Crippen molar-refractivity contribution in [3.63, 3.8) is 0 Å². The summed E-state index contributed by atoms with van der Waals surface area (Å²) in [4.78, 5) is 5.03. The van der Waals surface area contributed by atoms with Gasteiger partial charge in [0.05, 0.1) is 0 Å². The average molecular weight is 353 g/mol. The molecule has 3 heteroatoms. The highest BCUT2D eigenvalue weighted by molar-refractivity contribution is 5.27. The lowest BCUT2D eigenvalue weighted by Crippen LogP contribution is -2.40. The lowest BCUT2D eigenvalue weighted by atomic mass is 9.96. The molecule has 1 heterocycles. The number of phenolic OH excluding ortho intramolecular Hbond substituents is 1. The molecule has 140 valence electrons. The molecule has 2 aromatic carbocycles. The Morgan fingerprint density at radius 3 is 2.81 bits per heavy atom. The molecule has 0 spiro atoms. The molecule has 1 aliphatic rings. The summed E-state index contributed by atoms with van der Waals surface area (Å²) in [6.45, 7) is 7.84. The second-order valence-electron chi connectivity index (χ2n) is 7.85. The maximum atomic E-state index is 9.63. The van der Waals surface area contributed by atoms with Crippen LogP contribution in [0.3, 0.4) is 0 Å². The number of nitrogens with zero attached hydrogens (tertiary/aromatic N) is 2. The van der Waals surface area contributed by atoms with Crippen LogP contribution >= 0.6 is 0 Å². The Morgan fingerprint density at radius 1 is 1.15 bits per heavy atom. The Kier molecular flexibility index (Phi) is 6.70. The zero-order valence-electron chi connectivity index (χ0n) is 16.2. The lowest BCUT2D eigenvalue weighted by molar-refractivity contribution is 0.142. The highest BCUT2D eigenvalue weighted by atomic mass is 16.3. The van der Waals surface area contributed by atoms with Gasteiger partial charge in [0.15, 0.2) is 0 Å². The maximum Gasteiger partial charge on any atom is 0.115 e. The van der Waals surface area contributed by atoms with Gasteiger partial charge < -0.3 is 14.9 Å². The number of phenols is 1. The SMILES string of the molecule is Cc1ccccc1CCN1CCCC(CN(C)Cc2cccc(O)c2)C1. The van der Waals surface area contributed by atoms with E-state index in [0.717, 1.165) is 32.0 Å². The second kappa shape index (κ2) is 9.20. The first-order valence-electron chi connectivity index (χ1n) is 9.83. The number of hydrogen-bond donors (Lipinski definition) is 1. The topological polar surface area (TPSA) is 26.7 Å². The number of rotatable bonds is 7. The van der Waals surface area contributed by atoms with Crippen LogP contribution < -0.4 is 0 Å². The predicted octanol–water partition coefficient (Wildman–Crippen LogP) is 4.09. The smallest absolute Gasteiger partial charge is 0.115 e. The van der Waals surface area contributed by atoms with Crippen molar-refractivity contribution in [1.29, 1.82) is 0 Å². The zero-order chi connectivity index (χ0) is 18.4. The molecule has 1 aliphatic heterocycles. The van der Waals surface area contributed by atoms with Gasteiger partial charge in [-0.15, -0.1) is 0 Å². The molecule has 0 bridgehead atoms. The summed E-state index contributed by atoms with van der Waals surface area (Å²) in [5.41, 5.74) is 4.07. The van der Waals surface area contributed by atoms with Gasteiger partial charge in [-0.25, -0.2) is 0 Å². The zero-order valence-corrected chi connectivity index (χ0v) is 16.2. The number of hydrogen-bond acceptors (Lipinski definition) is 3. The Labute approximate surface area is 158 Å². The van der Waals surface area contributed by atoms with E-state index < -0.39 is 0 Å². The monoisotopic (exact) mass is 352 g/mol. The Hall–Kier alpha value is -1.84. The quantitative estimate of drug-likeness (QED) is 0.813. The van der Waals surface area contributed by atoms with Gasteiger partial charge in [0.25, 0.3) is 0 Å². The summed E-state index contributed by atoms with van der Waals surface area (Å²) >= 11 is 0. The molecule has 0 aliphatic carbocycles. The second-order valence-corrected chi connectivity index (χ2v) is 7.85. The van der Waals surface area contributed by atoms with E-state index in [-0.39, 0.29) is 0 Å². The van der Waals surface area contributed by atoms with Crippen LogP contribution in [0.4, 0.5) is 0 Å². The first-order valence-corrected chi connectivity index (χ1v) is 9.83. The molecular weight excluding hydrogens is 320 g/mol. The molecular formula is C23H32N2O. The molecule has 1 unspecified atom stereocenters. The van der Waals surface area contributed by atoms with Crippen molar-refractivity contribution in [2.45, 2.75) is 32.7 Å². The van der Waals surface area contributed by atoms with Crippen molar-refractivity contribution >= 4 is 0 Å². The number of benzene rings is 2. The van der Waals surface area contributed by atoms with Gasteiger partial charge in [0.1, 0.15) is 5.75 Å². The molecule has 1 atom stereocenters. The minimum Gasteiger partial charge on any atom is -0.508 e. The van der Waals surface area contributed by atoms with Gasteiger partial charge in [0, 0.05) is 26.2 Å². The van der Waals surface area contributed by atoms with Crippen molar-refractivity contribution in [2.24, 2.45) is 5.92 Å². The van der Waals surface area contributed by atoms with Crippen LogP contribution in [0.25, 0.3) is 0 Å². The highest BCUT2D eigenvalue weighted by Crippen LogP contribution is 2.20. The molecule has 0 amide bonds. The molecule has 0 aromatic heterocycles. The van der Waals surface area contributed by atoms with E-state index in [4.69, 9.17) is 0 Å². The van der Waals surface area contributed by atoms with E-state index in [2.05, 4.69) is 54.1 Å². The highest BCUT2D eigenvalue weighted by Gasteiger charge is 2.21. The fourth-order valence-corrected chi connectivity index (χ4v) is 4.14. The van der Waals surface area contributed by atoms with Crippen molar-refractivity contribution in [2.75, 3.05) is 33.2 Å². The number of aryl methyl sites for hydroxylation is 1. The van der Waals surface area contributed by atoms with E-state index in [1.54, 1.807) is 6.07 Å². The van der Waals surface area contributed by atoms with Crippen molar-refractivity contribution < 1.29 is 5.11 Å². The molecule has 1 saturated heterocycles. The number of likely N-dealkylation sites (tertiary alicyclic amines) is 1. The standard InChI is InChI=1S/C23H32N2O/c1-19-7-3-4-10-22(19)12-14-25-13-6-9-21(18-25)17-24(2)16-20-8-5-11-23(26)15-20/h3-5,7-8,10-11,15,21,26H,6,9,12-14,16-18H2,1-2H3. The normalized spacial score (nSPS) is 18.3. The summed E-state index contributed by atoms with van der Waals surface area (Å²) in [7, 11) is 2.19.